The van der Waals surface area contributed by atoms with E-state index < -0.39 is 6.09 Å². The van der Waals surface area contributed by atoms with E-state index in [0.717, 1.165) is 11.1 Å². The molecule has 0 aliphatic rings. The van der Waals surface area contributed by atoms with Crippen LogP contribution in [0, 0.1) is 0 Å². The summed E-state index contributed by atoms with van der Waals surface area (Å²) >= 11 is 11.6. The van der Waals surface area contributed by atoms with Crippen molar-refractivity contribution in [2.45, 2.75) is 6.61 Å². The van der Waals surface area contributed by atoms with Crippen molar-refractivity contribution in [3.8, 4) is 0 Å². The molecule has 2 aromatic rings. The maximum absolute atomic E-state index is 11.5. The number of hydrogen-bond acceptors (Lipinski definition) is 3. The highest BCUT2D eigenvalue weighted by molar-refractivity contribution is 6.33. The zero-order valence-electron chi connectivity index (χ0n) is 11.6. The van der Waals surface area contributed by atoms with Crippen molar-refractivity contribution in [2.75, 3.05) is 6.54 Å². The maximum Gasteiger partial charge on any atom is 0.407 e. The topological polar surface area (TPSA) is 51.2 Å². The van der Waals surface area contributed by atoms with Crippen molar-refractivity contribution < 1.29 is 9.53 Å². The van der Waals surface area contributed by atoms with Gasteiger partial charge in [-0.25, -0.2) is 9.78 Å². The summed E-state index contributed by atoms with van der Waals surface area (Å²) in [7, 11) is 0. The first-order valence-corrected chi connectivity index (χ1v) is 7.34. The number of halogens is 2. The number of alkyl carbamates (subject to hydrolysis) is 1. The molecular weight excluding hydrogens is 323 g/mol. The molecule has 1 aromatic heterocycles. The van der Waals surface area contributed by atoms with Crippen molar-refractivity contribution in [3.63, 3.8) is 0 Å². The number of rotatable bonds is 5. The Morgan fingerprint density at radius 2 is 1.95 bits per heavy atom. The molecule has 0 spiro atoms. The van der Waals surface area contributed by atoms with Crippen LogP contribution in [0.25, 0.3) is 6.08 Å². The third-order valence-electron chi connectivity index (χ3n) is 2.72. The molecule has 0 aliphatic heterocycles. The van der Waals surface area contributed by atoms with Gasteiger partial charge in [0.25, 0.3) is 0 Å². The van der Waals surface area contributed by atoms with E-state index in [1.165, 1.54) is 0 Å². The highest BCUT2D eigenvalue weighted by Crippen LogP contribution is 2.17. The molecular formula is C16H14Cl2N2O2. The lowest BCUT2D eigenvalue weighted by atomic mass is 10.2. The normalized spacial score (nSPS) is 10.6. The Morgan fingerprint density at radius 3 is 2.68 bits per heavy atom. The van der Waals surface area contributed by atoms with Crippen molar-refractivity contribution in [2.24, 2.45) is 0 Å². The number of ether oxygens (including phenoxy) is 1. The van der Waals surface area contributed by atoms with Gasteiger partial charge < -0.3 is 10.1 Å². The van der Waals surface area contributed by atoms with Crippen molar-refractivity contribution in [1.82, 2.24) is 10.3 Å². The first-order chi connectivity index (χ1) is 10.6. The molecule has 0 radical (unpaired) electrons. The number of amides is 1. The second kappa shape index (κ2) is 8.41. The third-order valence-corrected chi connectivity index (χ3v) is 3.23. The molecule has 0 fully saturated rings. The molecule has 0 aliphatic carbocycles. The van der Waals surface area contributed by atoms with Crippen molar-refractivity contribution in [3.05, 3.63) is 70.0 Å². The lowest BCUT2D eigenvalue weighted by molar-refractivity contribution is 0.141. The van der Waals surface area contributed by atoms with Gasteiger partial charge in [0.1, 0.15) is 16.9 Å². The fourth-order valence-electron chi connectivity index (χ4n) is 1.65. The smallest absolute Gasteiger partial charge is 0.407 e. The molecule has 114 valence electrons. The Hall–Kier alpha value is -2.04. The van der Waals surface area contributed by atoms with Gasteiger partial charge in [-0.3, -0.25) is 0 Å². The molecule has 2 rings (SSSR count). The number of nitrogens with zero attached hydrogens (tertiary/aromatic N) is 1. The van der Waals surface area contributed by atoms with Gasteiger partial charge in [-0.1, -0.05) is 65.7 Å². The first kappa shape index (κ1) is 16.3. The van der Waals surface area contributed by atoms with Crippen LogP contribution in [0.15, 0.2) is 48.5 Å². The van der Waals surface area contributed by atoms with Gasteiger partial charge in [0.15, 0.2) is 0 Å². The highest BCUT2D eigenvalue weighted by atomic mass is 35.5. The fraction of sp³-hybridized carbons (Fsp3) is 0.125. The van der Waals surface area contributed by atoms with Crippen LogP contribution in [0.2, 0.25) is 10.3 Å². The van der Waals surface area contributed by atoms with Gasteiger partial charge >= 0.3 is 6.09 Å². The first-order valence-electron chi connectivity index (χ1n) is 6.58. The molecule has 1 amide bonds. The number of carbonyl (C=O) groups is 1. The van der Waals surface area contributed by atoms with Crippen LogP contribution in [-0.4, -0.2) is 17.6 Å². The summed E-state index contributed by atoms with van der Waals surface area (Å²) < 4.78 is 5.08. The summed E-state index contributed by atoms with van der Waals surface area (Å²) in [6.07, 6.45) is 3.03. The minimum atomic E-state index is -0.478. The standard InChI is InChI=1S/C16H14Cl2N2O2/c17-14-9-8-13(15(18)20-14)7-4-10-19-16(21)22-11-12-5-2-1-3-6-12/h1-9H,10-11H2,(H,19,21). The minimum Gasteiger partial charge on any atom is -0.445 e. The summed E-state index contributed by atoms with van der Waals surface area (Å²) in [6.45, 7) is 0.565. The molecule has 6 heteroatoms. The van der Waals surface area contributed by atoms with Gasteiger partial charge in [0, 0.05) is 12.1 Å². The van der Waals surface area contributed by atoms with E-state index in [4.69, 9.17) is 27.9 Å². The SMILES string of the molecule is O=C(NCC=Cc1ccc(Cl)nc1Cl)OCc1ccccc1. The summed E-state index contributed by atoms with van der Waals surface area (Å²) in [6, 6.07) is 12.9. The average molecular weight is 337 g/mol. The van der Waals surface area contributed by atoms with Crippen LogP contribution >= 0.6 is 23.2 Å². The van der Waals surface area contributed by atoms with Crippen molar-refractivity contribution >= 4 is 35.4 Å². The van der Waals surface area contributed by atoms with E-state index in [2.05, 4.69) is 10.3 Å². The van der Waals surface area contributed by atoms with Gasteiger partial charge in [0.2, 0.25) is 0 Å². The summed E-state index contributed by atoms with van der Waals surface area (Å²) in [5.74, 6) is 0. The molecule has 0 atom stereocenters. The second-order valence-corrected chi connectivity index (χ2v) is 5.10. The monoisotopic (exact) mass is 336 g/mol. The maximum atomic E-state index is 11.5. The number of carbonyl (C=O) groups excluding carboxylic acids is 1. The van der Waals surface area contributed by atoms with E-state index >= 15 is 0 Å². The second-order valence-electron chi connectivity index (χ2n) is 4.36. The zero-order valence-corrected chi connectivity index (χ0v) is 13.1. The quantitative estimate of drug-likeness (QED) is 0.827. The number of hydrogen-bond donors (Lipinski definition) is 1. The third kappa shape index (κ3) is 5.39. The molecule has 4 nitrogen and oxygen atoms in total. The molecule has 1 heterocycles. The highest BCUT2D eigenvalue weighted by Gasteiger charge is 2.01. The predicted molar refractivity (Wildman–Crippen MR) is 87.9 cm³/mol. The largest absolute Gasteiger partial charge is 0.445 e. The molecule has 1 aromatic carbocycles. The lowest BCUT2D eigenvalue weighted by Gasteiger charge is -2.05. The summed E-state index contributed by atoms with van der Waals surface area (Å²) in [4.78, 5) is 15.4. The Labute approximate surface area is 138 Å². The van der Waals surface area contributed by atoms with Crippen LogP contribution in [0.5, 0.6) is 0 Å². The lowest BCUT2D eigenvalue weighted by Crippen LogP contribution is -2.24. The van der Waals surface area contributed by atoms with Crippen LogP contribution < -0.4 is 5.32 Å². The number of aromatic nitrogens is 1. The molecule has 0 saturated carbocycles. The van der Waals surface area contributed by atoms with Crippen LogP contribution in [0.1, 0.15) is 11.1 Å². The Morgan fingerprint density at radius 1 is 1.18 bits per heavy atom. The average Bonchev–Trinajstić information content (AvgIpc) is 2.52. The van der Waals surface area contributed by atoms with Crippen LogP contribution in [0.4, 0.5) is 4.79 Å². The van der Waals surface area contributed by atoms with E-state index in [1.807, 2.05) is 30.3 Å². The summed E-state index contributed by atoms with van der Waals surface area (Å²) in [5.41, 5.74) is 1.66. The van der Waals surface area contributed by atoms with Crippen LogP contribution in [0.3, 0.4) is 0 Å². The molecule has 0 saturated heterocycles. The van der Waals surface area contributed by atoms with E-state index in [1.54, 1.807) is 24.3 Å². The molecule has 0 unspecified atom stereocenters. The molecule has 22 heavy (non-hydrogen) atoms. The molecule has 0 bridgehead atoms. The van der Waals surface area contributed by atoms with Gasteiger partial charge in [-0.15, -0.1) is 0 Å². The van der Waals surface area contributed by atoms with Crippen LogP contribution in [-0.2, 0) is 11.3 Å². The van der Waals surface area contributed by atoms with E-state index in [-0.39, 0.29) is 6.61 Å². The predicted octanol–water partition coefficient (Wildman–Crippen LogP) is 4.33. The minimum absolute atomic E-state index is 0.239. The van der Waals surface area contributed by atoms with Gasteiger partial charge in [0.05, 0.1) is 0 Å². The Balaban J connectivity index is 1.73. The van der Waals surface area contributed by atoms with Gasteiger partial charge in [-0.05, 0) is 17.7 Å². The number of pyridine rings is 1. The van der Waals surface area contributed by atoms with E-state index in [0.29, 0.717) is 16.9 Å². The van der Waals surface area contributed by atoms with E-state index in [9.17, 15) is 4.79 Å². The fourth-order valence-corrected chi connectivity index (χ4v) is 2.06. The van der Waals surface area contributed by atoms with Gasteiger partial charge in [-0.2, -0.15) is 0 Å². The number of benzene rings is 1. The number of nitrogens with one attached hydrogen (secondary N) is 1. The Bertz CT molecular complexity index is 660. The van der Waals surface area contributed by atoms with Crippen molar-refractivity contribution in [1.29, 1.82) is 0 Å². The summed E-state index contributed by atoms with van der Waals surface area (Å²) in [5, 5.41) is 3.27. The molecule has 1 N–H and O–H groups in total. The Kier molecular flexibility index (Phi) is 6.25. The zero-order chi connectivity index (χ0) is 15.8.